The van der Waals surface area contributed by atoms with Crippen molar-refractivity contribution in [3.8, 4) is 5.75 Å². The molecule has 1 atom stereocenters. The lowest BCUT2D eigenvalue weighted by Gasteiger charge is -2.25. The number of Topliss-reactive ketones (excluding diaryl/α,β-unsaturated/α-hetero) is 1. The molecule has 1 unspecified atom stereocenters. The summed E-state index contributed by atoms with van der Waals surface area (Å²) >= 11 is 0. The summed E-state index contributed by atoms with van der Waals surface area (Å²) in [6.45, 7) is 3.17. The van der Waals surface area contributed by atoms with Crippen molar-refractivity contribution < 1.29 is 29.1 Å². The summed E-state index contributed by atoms with van der Waals surface area (Å²) in [6.07, 6.45) is 2.33. The van der Waals surface area contributed by atoms with E-state index in [0.717, 1.165) is 12.8 Å². The molecule has 0 spiro atoms. The molecule has 1 N–H and O–H groups in total. The Morgan fingerprint density at radius 1 is 1.12 bits per heavy atom. The molecule has 0 aromatic heterocycles. The van der Waals surface area contributed by atoms with E-state index in [1.54, 1.807) is 24.3 Å². The molecule has 34 heavy (non-hydrogen) atoms. The summed E-state index contributed by atoms with van der Waals surface area (Å²) in [5.41, 5.74) is 0.647. The van der Waals surface area contributed by atoms with Crippen LogP contribution < -0.4 is 4.74 Å². The number of ether oxygens (including phenoxy) is 2. The number of aliphatic hydroxyl groups excluding tert-OH is 1. The monoisotopic (exact) mass is 468 g/mol. The Morgan fingerprint density at radius 3 is 2.50 bits per heavy atom. The molecule has 0 aliphatic carbocycles. The highest BCUT2D eigenvalue weighted by Gasteiger charge is 2.45. The molecular weight excluding hydrogens is 440 g/mol. The highest BCUT2D eigenvalue weighted by atomic mass is 16.6. The summed E-state index contributed by atoms with van der Waals surface area (Å²) in [4.78, 5) is 37.9. The Labute approximate surface area is 197 Å². The lowest BCUT2D eigenvalue weighted by atomic mass is 9.95. The zero-order valence-corrected chi connectivity index (χ0v) is 19.2. The molecular formula is C25H28N2O7. The normalized spacial score (nSPS) is 17.2. The van der Waals surface area contributed by atoms with Gasteiger partial charge in [0.2, 0.25) is 0 Å². The van der Waals surface area contributed by atoms with Gasteiger partial charge in [-0.1, -0.05) is 25.5 Å². The maximum atomic E-state index is 13.0. The number of likely N-dealkylation sites (tertiary alicyclic amines) is 1. The van der Waals surface area contributed by atoms with E-state index in [0.29, 0.717) is 36.5 Å². The molecule has 180 valence electrons. The average Bonchev–Trinajstić information content (AvgIpc) is 3.09. The van der Waals surface area contributed by atoms with Gasteiger partial charge in [-0.15, -0.1) is 0 Å². The number of hydrogen-bond donors (Lipinski definition) is 1. The number of carbonyl (C=O) groups excluding carboxylic acids is 2. The van der Waals surface area contributed by atoms with Gasteiger partial charge in [-0.25, -0.2) is 0 Å². The van der Waals surface area contributed by atoms with Crippen molar-refractivity contribution in [3.05, 3.63) is 75.3 Å². The SMILES string of the molecule is CCCCOc1cccc(/C(O)=C2\C(=O)C(=O)N(CCCOC)C2c2ccc([N+](=O)[O-])cc2)c1. The van der Waals surface area contributed by atoms with E-state index in [1.165, 1.54) is 36.3 Å². The van der Waals surface area contributed by atoms with Gasteiger partial charge in [-0.3, -0.25) is 19.7 Å². The maximum absolute atomic E-state index is 13.0. The zero-order chi connectivity index (χ0) is 24.7. The predicted octanol–water partition coefficient (Wildman–Crippen LogP) is 4.23. The third-order valence-corrected chi connectivity index (χ3v) is 5.58. The van der Waals surface area contributed by atoms with Crippen LogP contribution in [-0.4, -0.2) is 53.5 Å². The van der Waals surface area contributed by atoms with E-state index in [1.807, 2.05) is 0 Å². The molecule has 2 aromatic rings. The van der Waals surface area contributed by atoms with Crippen molar-refractivity contribution in [2.45, 2.75) is 32.2 Å². The molecule has 1 aliphatic rings. The van der Waals surface area contributed by atoms with Gasteiger partial charge in [0.1, 0.15) is 11.5 Å². The highest BCUT2D eigenvalue weighted by molar-refractivity contribution is 6.46. The Kier molecular flexibility index (Phi) is 8.37. The highest BCUT2D eigenvalue weighted by Crippen LogP contribution is 2.40. The summed E-state index contributed by atoms with van der Waals surface area (Å²) < 4.78 is 10.8. The van der Waals surface area contributed by atoms with Crippen LogP contribution in [0.1, 0.15) is 43.4 Å². The summed E-state index contributed by atoms with van der Waals surface area (Å²) in [6, 6.07) is 11.4. The maximum Gasteiger partial charge on any atom is 0.295 e. The Bertz CT molecular complexity index is 1080. The van der Waals surface area contributed by atoms with Gasteiger partial charge in [0.25, 0.3) is 17.4 Å². The van der Waals surface area contributed by atoms with Gasteiger partial charge in [0.05, 0.1) is 23.1 Å². The number of ketones is 1. The minimum atomic E-state index is -0.887. The van der Waals surface area contributed by atoms with Crippen molar-refractivity contribution in [3.63, 3.8) is 0 Å². The fourth-order valence-corrected chi connectivity index (χ4v) is 3.84. The quantitative estimate of drug-likeness (QED) is 0.131. The Hall–Kier alpha value is -3.72. The second kappa shape index (κ2) is 11.4. The summed E-state index contributed by atoms with van der Waals surface area (Å²) in [5.74, 6) is -1.33. The first-order valence-corrected chi connectivity index (χ1v) is 11.1. The van der Waals surface area contributed by atoms with Crippen LogP contribution in [0.4, 0.5) is 5.69 Å². The molecule has 0 radical (unpaired) electrons. The molecule has 1 saturated heterocycles. The molecule has 1 aliphatic heterocycles. The number of rotatable bonds is 11. The number of nitro groups is 1. The molecule has 1 fully saturated rings. The predicted molar refractivity (Wildman–Crippen MR) is 125 cm³/mol. The molecule has 0 bridgehead atoms. The summed E-state index contributed by atoms with van der Waals surface area (Å²) in [7, 11) is 1.54. The fraction of sp³-hybridized carbons (Fsp3) is 0.360. The third-order valence-electron chi connectivity index (χ3n) is 5.58. The molecule has 2 aromatic carbocycles. The van der Waals surface area contributed by atoms with E-state index < -0.39 is 22.7 Å². The second-order valence-electron chi connectivity index (χ2n) is 7.92. The van der Waals surface area contributed by atoms with Crippen molar-refractivity contribution in [2.75, 3.05) is 26.9 Å². The van der Waals surface area contributed by atoms with Crippen molar-refractivity contribution in [1.29, 1.82) is 0 Å². The van der Waals surface area contributed by atoms with Gasteiger partial charge in [-0.05, 0) is 42.7 Å². The lowest BCUT2D eigenvalue weighted by Crippen LogP contribution is -2.31. The van der Waals surface area contributed by atoms with Crippen LogP contribution in [0, 0.1) is 10.1 Å². The second-order valence-corrected chi connectivity index (χ2v) is 7.92. The van der Waals surface area contributed by atoms with Crippen LogP contribution in [0.2, 0.25) is 0 Å². The van der Waals surface area contributed by atoms with Gasteiger partial charge in [-0.2, -0.15) is 0 Å². The fourth-order valence-electron chi connectivity index (χ4n) is 3.84. The number of benzene rings is 2. The topological polar surface area (TPSA) is 119 Å². The minimum absolute atomic E-state index is 0.0676. The number of non-ortho nitro benzene ring substituents is 1. The molecule has 0 saturated carbocycles. The van der Waals surface area contributed by atoms with Gasteiger partial charge in [0, 0.05) is 38.0 Å². The standard InChI is InChI=1S/C25H28N2O7/c1-3-4-15-34-20-8-5-7-18(16-20)23(28)21-22(17-9-11-19(12-10-17)27(31)32)26(13-6-14-33-2)25(30)24(21)29/h5,7-12,16,22,28H,3-4,6,13-15H2,1-2H3/b23-21+. The number of nitro benzene ring substituents is 1. The molecule has 9 heteroatoms. The van der Waals surface area contributed by atoms with Crippen molar-refractivity contribution in [1.82, 2.24) is 4.90 Å². The van der Waals surface area contributed by atoms with Crippen molar-refractivity contribution >= 4 is 23.1 Å². The first kappa shape index (κ1) is 24.9. The first-order chi connectivity index (χ1) is 16.4. The lowest BCUT2D eigenvalue weighted by molar-refractivity contribution is -0.384. The third kappa shape index (κ3) is 5.43. The van der Waals surface area contributed by atoms with E-state index in [-0.39, 0.29) is 23.6 Å². The zero-order valence-electron chi connectivity index (χ0n) is 19.2. The van der Waals surface area contributed by atoms with Crippen LogP contribution in [0.25, 0.3) is 5.76 Å². The van der Waals surface area contributed by atoms with Gasteiger partial charge >= 0.3 is 0 Å². The number of amides is 1. The molecule has 1 heterocycles. The van der Waals surface area contributed by atoms with Crippen LogP contribution >= 0.6 is 0 Å². The van der Waals surface area contributed by atoms with Crippen LogP contribution in [-0.2, 0) is 14.3 Å². The first-order valence-electron chi connectivity index (χ1n) is 11.1. The van der Waals surface area contributed by atoms with E-state index >= 15 is 0 Å². The number of carbonyl (C=O) groups is 2. The smallest absolute Gasteiger partial charge is 0.295 e. The Morgan fingerprint density at radius 2 is 1.85 bits per heavy atom. The minimum Gasteiger partial charge on any atom is -0.507 e. The van der Waals surface area contributed by atoms with Crippen LogP contribution in [0.5, 0.6) is 5.75 Å². The number of nitrogens with zero attached hydrogens (tertiary/aromatic N) is 2. The molecule has 1 amide bonds. The largest absolute Gasteiger partial charge is 0.507 e. The van der Waals surface area contributed by atoms with Crippen LogP contribution in [0.15, 0.2) is 54.1 Å². The molecule has 9 nitrogen and oxygen atoms in total. The van der Waals surface area contributed by atoms with Crippen molar-refractivity contribution in [2.24, 2.45) is 0 Å². The van der Waals surface area contributed by atoms with E-state index in [9.17, 15) is 24.8 Å². The number of hydrogen-bond acceptors (Lipinski definition) is 7. The van der Waals surface area contributed by atoms with E-state index in [4.69, 9.17) is 9.47 Å². The Balaban J connectivity index is 2.05. The van der Waals surface area contributed by atoms with Gasteiger partial charge < -0.3 is 19.5 Å². The number of methoxy groups -OCH3 is 1. The average molecular weight is 469 g/mol. The number of unbranched alkanes of at least 4 members (excludes halogenated alkanes) is 1. The van der Waals surface area contributed by atoms with Gasteiger partial charge in [0.15, 0.2) is 0 Å². The summed E-state index contributed by atoms with van der Waals surface area (Å²) in [5, 5.41) is 22.2. The number of aliphatic hydroxyl groups is 1. The van der Waals surface area contributed by atoms with E-state index in [2.05, 4.69) is 6.92 Å². The van der Waals surface area contributed by atoms with Crippen LogP contribution in [0.3, 0.4) is 0 Å². The molecule has 3 rings (SSSR count).